The molecule has 0 aliphatic heterocycles. The third kappa shape index (κ3) is 3.18. The van der Waals surface area contributed by atoms with Crippen molar-refractivity contribution in [3.63, 3.8) is 0 Å². The Hall–Kier alpha value is -2.06. The highest BCUT2D eigenvalue weighted by molar-refractivity contribution is 8.00. The molecule has 2 heterocycles. The smallest absolute Gasteiger partial charge is 0.212 e. The first-order chi connectivity index (χ1) is 11.2. The summed E-state index contributed by atoms with van der Waals surface area (Å²) in [7, 11) is 3.23. The average Bonchev–Trinajstić information content (AvgIpc) is 3.15. The maximum Gasteiger partial charge on any atom is 0.212 e. The summed E-state index contributed by atoms with van der Waals surface area (Å²) in [5.41, 5.74) is 1.87. The van der Waals surface area contributed by atoms with Gasteiger partial charge in [0.2, 0.25) is 4.96 Å². The SMILES string of the molecule is CON=C(CSc1ccccc1OC)c1sc2ncnn2c1C. The van der Waals surface area contributed by atoms with Crippen molar-refractivity contribution in [3.05, 3.63) is 41.2 Å². The molecule has 1 aromatic carbocycles. The third-order valence-electron chi connectivity index (χ3n) is 3.25. The Balaban J connectivity index is 1.86. The van der Waals surface area contributed by atoms with Crippen molar-refractivity contribution >= 4 is 33.8 Å². The first-order valence-corrected chi connectivity index (χ1v) is 8.70. The van der Waals surface area contributed by atoms with Crippen LogP contribution in [0.4, 0.5) is 0 Å². The molecule has 8 heteroatoms. The van der Waals surface area contributed by atoms with Crippen molar-refractivity contribution in [2.45, 2.75) is 11.8 Å². The highest BCUT2D eigenvalue weighted by Gasteiger charge is 2.17. The van der Waals surface area contributed by atoms with Crippen molar-refractivity contribution in [1.29, 1.82) is 0 Å². The summed E-state index contributed by atoms with van der Waals surface area (Å²) >= 11 is 3.21. The fourth-order valence-corrected chi connectivity index (χ4v) is 4.25. The average molecular weight is 348 g/mol. The fraction of sp³-hybridized carbons (Fsp3) is 0.267. The molecule has 0 fully saturated rings. The lowest BCUT2D eigenvalue weighted by Crippen LogP contribution is -2.06. The lowest BCUT2D eigenvalue weighted by molar-refractivity contribution is 0.213. The van der Waals surface area contributed by atoms with Crippen LogP contribution in [-0.4, -0.2) is 40.3 Å². The maximum absolute atomic E-state index is 5.39. The van der Waals surface area contributed by atoms with Crippen molar-refractivity contribution in [2.75, 3.05) is 20.0 Å². The number of aromatic nitrogens is 3. The van der Waals surface area contributed by atoms with Crippen molar-refractivity contribution < 1.29 is 9.57 Å². The summed E-state index contributed by atoms with van der Waals surface area (Å²) in [6.07, 6.45) is 1.55. The predicted molar refractivity (Wildman–Crippen MR) is 92.9 cm³/mol. The molecule has 0 saturated carbocycles. The van der Waals surface area contributed by atoms with E-state index in [1.54, 1.807) is 43.6 Å². The number of oxime groups is 1. The Kier molecular flexibility index (Phi) is 4.82. The fourth-order valence-electron chi connectivity index (χ4n) is 2.19. The van der Waals surface area contributed by atoms with E-state index in [0.717, 1.165) is 31.9 Å². The zero-order valence-electron chi connectivity index (χ0n) is 13.0. The van der Waals surface area contributed by atoms with Gasteiger partial charge in [0.05, 0.1) is 17.7 Å². The van der Waals surface area contributed by atoms with E-state index in [-0.39, 0.29) is 0 Å². The standard InChI is InChI=1S/C15H16N4O2S2/c1-10-14(23-15-16-9-17-19(10)15)11(18-21-3)8-22-13-7-5-4-6-12(13)20-2/h4-7,9H,8H2,1-3H3. The van der Waals surface area contributed by atoms with E-state index in [2.05, 4.69) is 15.2 Å². The minimum atomic E-state index is 0.665. The van der Waals surface area contributed by atoms with Gasteiger partial charge in [-0.05, 0) is 19.1 Å². The van der Waals surface area contributed by atoms with Crippen LogP contribution in [0.3, 0.4) is 0 Å². The molecule has 0 saturated heterocycles. The van der Waals surface area contributed by atoms with Crippen molar-refractivity contribution in [2.24, 2.45) is 5.16 Å². The Morgan fingerprint density at radius 3 is 2.91 bits per heavy atom. The Labute approximate surface area is 142 Å². The monoisotopic (exact) mass is 348 g/mol. The van der Waals surface area contributed by atoms with Crippen LogP contribution in [0.15, 0.2) is 40.6 Å². The van der Waals surface area contributed by atoms with Gasteiger partial charge in [0.25, 0.3) is 0 Å². The lowest BCUT2D eigenvalue weighted by atomic mass is 10.3. The Morgan fingerprint density at radius 1 is 1.35 bits per heavy atom. The normalized spacial score (nSPS) is 11.9. The van der Waals surface area contributed by atoms with Gasteiger partial charge in [0.15, 0.2) is 0 Å². The molecule has 120 valence electrons. The largest absolute Gasteiger partial charge is 0.496 e. The first kappa shape index (κ1) is 15.8. The lowest BCUT2D eigenvalue weighted by Gasteiger charge is -2.08. The summed E-state index contributed by atoms with van der Waals surface area (Å²) in [5.74, 6) is 1.52. The molecule has 0 aliphatic carbocycles. The van der Waals surface area contributed by atoms with Crippen LogP contribution in [0.25, 0.3) is 4.96 Å². The molecular weight excluding hydrogens is 332 g/mol. The van der Waals surface area contributed by atoms with Gasteiger partial charge in [-0.25, -0.2) is 9.50 Å². The molecule has 0 amide bonds. The second-order valence-corrected chi connectivity index (χ2v) is 6.63. The number of hydrogen-bond donors (Lipinski definition) is 0. The van der Waals surface area contributed by atoms with E-state index < -0.39 is 0 Å². The number of benzene rings is 1. The van der Waals surface area contributed by atoms with Gasteiger partial charge in [-0.2, -0.15) is 5.10 Å². The summed E-state index contributed by atoms with van der Waals surface area (Å²) < 4.78 is 7.21. The number of ether oxygens (including phenoxy) is 1. The van der Waals surface area contributed by atoms with E-state index in [0.29, 0.717) is 5.75 Å². The van der Waals surface area contributed by atoms with E-state index in [1.807, 2.05) is 35.7 Å². The number of para-hydroxylation sites is 1. The summed E-state index contributed by atoms with van der Waals surface area (Å²) in [4.78, 5) is 12.2. The van der Waals surface area contributed by atoms with Crippen LogP contribution in [0.2, 0.25) is 0 Å². The van der Waals surface area contributed by atoms with Gasteiger partial charge in [0, 0.05) is 10.6 Å². The number of aryl methyl sites for hydroxylation is 1. The molecule has 6 nitrogen and oxygen atoms in total. The molecular formula is C15H16N4O2S2. The number of thioether (sulfide) groups is 1. The summed E-state index contributed by atoms with van der Waals surface area (Å²) in [6, 6.07) is 7.93. The van der Waals surface area contributed by atoms with Gasteiger partial charge in [0.1, 0.15) is 24.9 Å². The Bertz CT molecular complexity index is 841. The van der Waals surface area contributed by atoms with Crippen LogP contribution >= 0.6 is 23.1 Å². The number of methoxy groups -OCH3 is 1. The van der Waals surface area contributed by atoms with Crippen LogP contribution in [0, 0.1) is 6.92 Å². The minimum absolute atomic E-state index is 0.665. The zero-order valence-corrected chi connectivity index (χ0v) is 14.6. The molecule has 2 aromatic heterocycles. The highest BCUT2D eigenvalue weighted by Crippen LogP contribution is 2.31. The van der Waals surface area contributed by atoms with Crippen LogP contribution in [-0.2, 0) is 4.84 Å². The number of fused-ring (bicyclic) bond motifs is 1. The van der Waals surface area contributed by atoms with Gasteiger partial charge in [-0.1, -0.05) is 28.6 Å². The quantitative estimate of drug-likeness (QED) is 0.389. The van der Waals surface area contributed by atoms with Gasteiger partial charge >= 0.3 is 0 Å². The summed E-state index contributed by atoms with van der Waals surface area (Å²) in [6.45, 7) is 2.01. The molecule has 0 radical (unpaired) electrons. The molecule has 0 spiro atoms. The predicted octanol–water partition coefficient (Wildman–Crippen LogP) is 3.25. The van der Waals surface area contributed by atoms with Crippen LogP contribution < -0.4 is 4.74 Å². The summed E-state index contributed by atoms with van der Waals surface area (Å²) in [5, 5.41) is 8.42. The molecule has 23 heavy (non-hydrogen) atoms. The van der Waals surface area contributed by atoms with Crippen LogP contribution in [0.1, 0.15) is 10.6 Å². The first-order valence-electron chi connectivity index (χ1n) is 6.90. The van der Waals surface area contributed by atoms with Gasteiger partial charge in [-0.15, -0.1) is 11.8 Å². The molecule has 3 aromatic rings. The van der Waals surface area contributed by atoms with E-state index in [4.69, 9.17) is 9.57 Å². The molecule has 0 N–H and O–H groups in total. The number of hydrogen-bond acceptors (Lipinski definition) is 7. The zero-order chi connectivity index (χ0) is 16.2. The van der Waals surface area contributed by atoms with E-state index in [1.165, 1.54) is 0 Å². The van der Waals surface area contributed by atoms with Gasteiger partial charge in [-0.3, -0.25) is 0 Å². The van der Waals surface area contributed by atoms with Crippen molar-refractivity contribution in [3.8, 4) is 5.75 Å². The Morgan fingerprint density at radius 2 is 2.17 bits per heavy atom. The molecule has 0 unspecified atom stereocenters. The molecule has 0 aliphatic rings. The molecule has 3 rings (SSSR count). The minimum Gasteiger partial charge on any atom is -0.496 e. The second-order valence-electron chi connectivity index (χ2n) is 4.63. The molecule has 0 bridgehead atoms. The van der Waals surface area contributed by atoms with Crippen molar-refractivity contribution in [1.82, 2.24) is 14.6 Å². The molecule has 0 atom stereocenters. The van der Waals surface area contributed by atoms with Crippen LogP contribution in [0.5, 0.6) is 5.75 Å². The van der Waals surface area contributed by atoms with E-state index >= 15 is 0 Å². The number of nitrogens with zero attached hydrogens (tertiary/aromatic N) is 4. The maximum atomic E-state index is 5.39. The van der Waals surface area contributed by atoms with E-state index in [9.17, 15) is 0 Å². The topological polar surface area (TPSA) is 61.0 Å². The second kappa shape index (κ2) is 7.01. The number of thiazole rings is 1. The van der Waals surface area contributed by atoms with Gasteiger partial charge < -0.3 is 9.57 Å². The third-order valence-corrected chi connectivity index (χ3v) is 5.52. The highest BCUT2D eigenvalue weighted by atomic mass is 32.2. The number of rotatable bonds is 6.